The monoisotopic (exact) mass is 520 g/mol. The van der Waals surface area contributed by atoms with Crippen LogP contribution in [0, 0.1) is 6.92 Å². The van der Waals surface area contributed by atoms with Crippen LogP contribution in [-0.4, -0.2) is 35.4 Å². The van der Waals surface area contributed by atoms with Crippen LogP contribution in [0.4, 0.5) is 0 Å². The minimum atomic E-state index is -0.655. The fourth-order valence-corrected chi connectivity index (χ4v) is 5.36. The molecule has 0 radical (unpaired) electrons. The molecule has 0 spiro atoms. The maximum absolute atomic E-state index is 13.9. The van der Waals surface area contributed by atoms with Crippen molar-refractivity contribution < 1.29 is 14.3 Å². The molecule has 0 aliphatic heterocycles. The summed E-state index contributed by atoms with van der Waals surface area (Å²) >= 11 is 0. The molecule has 1 aliphatic carbocycles. The van der Waals surface area contributed by atoms with Crippen LogP contribution in [0.3, 0.4) is 0 Å². The highest BCUT2D eigenvalue weighted by Gasteiger charge is 2.32. The van der Waals surface area contributed by atoms with Gasteiger partial charge in [0.05, 0.1) is 0 Å². The van der Waals surface area contributed by atoms with E-state index in [2.05, 4.69) is 5.32 Å². The molecule has 1 N–H and O–H groups in total. The van der Waals surface area contributed by atoms with Crippen molar-refractivity contribution in [2.45, 2.75) is 57.7 Å². The van der Waals surface area contributed by atoms with Gasteiger partial charge in [-0.2, -0.15) is 0 Å². The Bertz CT molecular complexity index is 1390. The molecule has 2 amide bonds. The molecular weight excluding hydrogens is 484 g/mol. The number of fused-ring (bicyclic) bond motifs is 1. The van der Waals surface area contributed by atoms with E-state index in [4.69, 9.17) is 4.74 Å². The standard InChI is InChI=1S/C34H36N2O3/c1-25-18-20-27(21-19-25)23-36(33(37)24-39-32-17-9-13-28-12-5-8-16-30(28)32)31(22-26-10-3-2-4-11-26)34(38)35-29-14-6-7-15-29/h2-5,8-13,16-21,29,31H,6-7,14-15,22-24H2,1H3,(H,35,38)/t31-/m0/s1. The Kier molecular flexibility index (Phi) is 8.57. The van der Waals surface area contributed by atoms with Crippen molar-refractivity contribution in [3.05, 3.63) is 114 Å². The Morgan fingerprint density at radius 1 is 0.846 bits per heavy atom. The summed E-state index contributed by atoms with van der Waals surface area (Å²) in [5, 5.41) is 5.26. The van der Waals surface area contributed by atoms with Crippen LogP contribution in [0.15, 0.2) is 97.1 Å². The summed E-state index contributed by atoms with van der Waals surface area (Å²) in [4.78, 5) is 29.4. The second-order valence-electron chi connectivity index (χ2n) is 10.5. The Morgan fingerprint density at radius 2 is 1.54 bits per heavy atom. The van der Waals surface area contributed by atoms with E-state index in [1.54, 1.807) is 4.90 Å². The van der Waals surface area contributed by atoms with Gasteiger partial charge in [-0.25, -0.2) is 0 Å². The highest BCUT2D eigenvalue weighted by Crippen LogP contribution is 2.26. The molecule has 5 rings (SSSR count). The Morgan fingerprint density at radius 3 is 2.31 bits per heavy atom. The van der Waals surface area contributed by atoms with E-state index < -0.39 is 6.04 Å². The van der Waals surface area contributed by atoms with Crippen molar-refractivity contribution in [2.24, 2.45) is 0 Å². The van der Waals surface area contributed by atoms with E-state index in [0.717, 1.165) is 53.1 Å². The topological polar surface area (TPSA) is 58.6 Å². The summed E-state index contributed by atoms with van der Waals surface area (Å²) in [5.74, 6) is 0.342. The van der Waals surface area contributed by atoms with Crippen molar-refractivity contribution in [1.82, 2.24) is 10.2 Å². The van der Waals surface area contributed by atoms with Gasteiger partial charge in [-0.3, -0.25) is 9.59 Å². The van der Waals surface area contributed by atoms with Gasteiger partial charge in [-0.15, -0.1) is 0 Å². The van der Waals surface area contributed by atoms with Gasteiger partial charge in [0.1, 0.15) is 11.8 Å². The zero-order valence-corrected chi connectivity index (χ0v) is 22.5. The van der Waals surface area contributed by atoms with Crippen molar-refractivity contribution in [1.29, 1.82) is 0 Å². The molecule has 5 nitrogen and oxygen atoms in total. The van der Waals surface area contributed by atoms with E-state index in [9.17, 15) is 9.59 Å². The largest absolute Gasteiger partial charge is 0.483 e. The predicted octanol–water partition coefficient (Wildman–Crippen LogP) is 6.23. The van der Waals surface area contributed by atoms with Gasteiger partial charge in [-0.1, -0.05) is 109 Å². The average molecular weight is 521 g/mol. The van der Waals surface area contributed by atoms with Gasteiger partial charge in [0.2, 0.25) is 5.91 Å². The first kappa shape index (κ1) is 26.5. The molecule has 39 heavy (non-hydrogen) atoms. The van der Waals surface area contributed by atoms with E-state index in [1.165, 1.54) is 0 Å². The average Bonchev–Trinajstić information content (AvgIpc) is 3.48. The Hall–Kier alpha value is -4.12. The first-order valence-electron chi connectivity index (χ1n) is 13.9. The summed E-state index contributed by atoms with van der Waals surface area (Å²) in [5.41, 5.74) is 3.14. The molecule has 1 fully saturated rings. The number of carbonyl (C=O) groups is 2. The molecule has 4 aromatic rings. The zero-order valence-electron chi connectivity index (χ0n) is 22.5. The minimum absolute atomic E-state index is 0.101. The Balaban J connectivity index is 1.43. The number of hydrogen-bond donors (Lipinski definition) is 1. The quantitative estimate of drug-likeness (QED) is 0.270. The first-order chi connectivity index (χ1) is 19.1. The van der Waals surface area contributed by atoms with Crippen molar-refractivity contribution in [2.75, 3.05) is 6.61 Å². The van der Waals surface area contributed by atoms with Crippen LogP contribution >= 0.6 is 0 Å². The second kappa shape index (κ2) is 12.6. The molecule has 5 heteroatoms. The molecule has 200 valence electrons. The normalized spacial score (nSPS) is 14.2. The number of hydrogen-bond acceptors (Lipinski definition) is 3. The molecule has 1 atom stereocenters. The van der Waals surface area contributed by atoms with Crippen LogP contribution in [0.2, 0.25) is 0 Å². The number of nitrogens with zero attached hydrogens (tertiary/aromatic N) is 1. The van der Waals surface area contributed by atoms with Gasteiger partial charge in [0.25, 0.3) is 5.91 Å². The van der Waals surface area contributed by atoms with Crippen molar-refractivity contribution in [3.8, 4) is 5.75 Å². The summed E-state index contributed by atoms with van der Waals surface area (Å²) in [6, 6.07) is 31.4. The molecule has 1 saturated carbocycles. The third-order valence-electron chi connectivity index (χ3n) is 7.55. The van der Waals surface area contributed by atoms with E-state index in [-0.39, 0.29) is 24.5 Å². The van der Waals surface area contributed by atoms with Gasteiger partial charge >= 0.3 is 0 Å². The molecule has 0 unspecified atom stereocenters. The number of rotatable bonds is 10. The maximum atomic E-state index is 13.9. The molecule has 1 aliphatic rings. The number of amides is 2. The van der Waals surface area contributed by atoms with Crippen LogP contribution in [0.25, 0.3) is 10.8 Å². The van der Waals surface area contributed by atoms with Crippen LogP contribution in [0.1, 0.15) is 42.4 Å². The lowest BCUT2D eigenvalue weighted by molar-refractivity contribution is -0.143. The number of aryl methyl sites for hydroxylation is 1. The fourth-order valence-electron chi connectivity index (χ4n) is 5.36. The predicted molar refractivity (Wildman–Crippen MR) is 156 cm³/mol. The molecular formula is C34H36N2O3. The molecule has 4 aromatic carbocycles. The number of carbonyl (C=O) groups excluding carboxylic acids is 2. The van der Waals surface area contributed by atoms with Gasteiger partial charge < -0.3 is 15.0 Å². The number of nitrogens with one attached hydrogen (secondary N) is 1. The highest BCUT2D eigenvalue weighted by molar-refractivity contribution is 5.90. The van der Waals surface area contributed by atoms with E-state index in [0.29, 0.717) is 18.7 Å². The molecule has 0 heterocycles. The smallest absolute Gasteiger partial charge is 0.261 e. The highest BCUT2D eigenvalue weighted by atomic mass is 16.5. The van der Waals surface area contributed by atoms with Crippen molar-refractivity contribution >= 4 is 22.6 Å². The van der Waals surface area contributed by atoms with Gasteiger partial charge in [-0.05, 0) is 42.3 Å². The van der Waals surface area contributed by atoms with Crippen molar-refractivity contribution in [3.63, 3.8) is 0 Å². The summed E-state index contributed by atoms with van der Waals surface area (Å²) in [7, 11) is 0. The van der Waals surface area contributed by atoms with Gasteiger partial charge in [0.15, 0.2) is 6.61 Å². The lowest BCUT2D eigenvalue weighted by Crippen LogP contribution is -2.53. The van der Waals surface area contributed by atoms with Gasteiger partial charge in [0, 0.05) is 24.4 Å². The molecule has 0 aromatic heterocycles. The minimum Gasteiger partial charge on any atom is -0.483 e. The van der Waals surface area contributed by atoms with E-state index >= 15 is 0 Å². The lowest BCUT2D eigenvalue weighted by atomic mass is 10.0. The second-order valence-corrected chi connectivity index (χ2v) is 10.5. The first-order valence-corrected chi connectivity index (χ1v) is 13.9. The van der Waals surface area contributed by atoms with E-state index in [1.807, 2.05) is 104 Å². The third-order valence-corrected chi connectivity index (χ3v) is 7.55. The number of benzene rings is 4. The summed E-state index contributed by atoms with van der Waals surface area (Å²) < 4.78 is 6.11. The Labute approximate surface area is 230 Å². The number of ether oxygens (including phenoxy) is 1. The lowest BCUT2D eigenvalue weighted by Gasteiger charge is -2.32. The summed E-state index contributed by atoms with van der Waals surface area (Å²) in [6.07, 6.45) is 4.66. The zero-order chi connectivity index (χ0) is 27.0. The van der Waals surface area contributed by atoms with Crippen LogP contribution < -0.4 is 10.1 Å². The van der Waals surface area contributed by atoms with Crippen LogP contribution in [-0.2, 0) is 22.6 Å². The van der Waals surface area contributed by atoms with Crippen LogP contribution in [0.5, 0.6) is 5.75 Å². The fraction of sp³-hybridized carbons (Fsp3) is 0.294. The summed E-state index contributed by atoms with van der Waals surface area (Å²) in [6.45, 7) is 2.22. The third kappa shape index (κ3) is 6.85. The maximum Gasteiger partial charge on any atom is 0.261 e. The SMILES string of the molecule is Cc1ccc(CN(C(=O)COc2cccc3ccccc23)[C@@H](Cc2ccccc2)C(=O)NC2CCCC2)cc1. The molecule has 0 saturated heterocycles. The molecule has 0 bridgehead atoms.